The molecule has 2 unspecified atom stereocenters. The van der Waals surface area contributed by atoms with Gasteiger partial charge in [0.05, 0.1) is 6.54 Å². The number of alkyl halides is 3. The van der Waals surface area contributed by atoms with E-state index in [4.69, 9.17) is 0 Å². The van der Waals surface area contributed by atoms with Gasteiger partial charge in [0.15, 0.2) is 0 Å². The van der Waals surface area contributed by atoms with Gasteiger partial charge in [-0.2, -0.15) is 13.2 Å². The van der Waals surface area contributed by atoms with Crippen LogP contribution in [-0.4, -0.2) is 18.8 Å². The molecule has 0 aliphatic heterocycles. The SMILES string of the molecule is CCC(C)CC(CC)NCC(F)(F)F. The molecule has 0 heterocycles. The summed E-state index contributed by atoms with van der Waals surface area (Å²) >= 11 is 0. The first kappa shape index (κ1) is 13.8. The Kier molecular flexibility index (Phi) is 6.16. The Morgan fingerprint density at radius 1 is 1.14 bits per heavy atom. The zero-order valence-electron chi connectivity index (χ0n) is 9.12. The predicted molar refractivity (Wildman–Crippen MR) is 52.2 cm³/mol. The molecule has 0 spiro atoms. The van der Waals surface area contributed by atoms with Crippen molar-refractivity contribution in [1.29, 1.82) is 0 Å². The molecule has 0 fully saturated rings. The van der Waals surface area contributed by atoms with Crippen molar-refractivity contribution in [3.63, 3.8) is 0 Å². The zero-order chi connectivity index (χ0) is 11.2. The molecule has 1 nitrogen and oxygen atoms in total. The van der Waals surface area contributed by atoms with Gasteiger partial charge in [-0.3, -0.25) is 0 Å². The van der Waals surface area contributed by atoms with Gasteiger partial charge in [-0.25, -0.2) is 0 Å². The molecule has 14 heavy (non-hydrogen) atoms. The highest BCUT2D eigenvalue weighted by Crippen LogP contribution is 2.16. The molecule has 86 valence electrons. The number of nitrogens with one attached hydrogen (secondary N) is 1. The van der Waals surface area contributed by atoms with Crippen LogP contribution in [0.2, 0.25) is 0 Å². The van der Waals surface area contributed by atoms with Crippen LogP contribution in [0.3, 0.4) is 0 Å². The number of hydrogen-bond acceptors (Lipinski definition) is 1. The highest BCUT2D eigenvalue weighted by atomic mass is 19.4. The Morgan fingerprint density at radius 2 is 1.71 bits per heavy atom. The average Bonchev–Trinajstić information content (AvgIpc) is 2.10. The van der Waals surface area contributed by atoms with E-state index in [-0.39, 0.29) is 6.04 Å². The molecule has 2 atom stereocenters. The minimum atomic E-state index is -4.09. The second kappa shape index (κ2) is 6.27. The number of rotatable bonds is 6. The fourth-order valence-corrected chi connectivity index (χ4v) is 1.31. The summed E-state index contributed by atoms with van der Waals surface area (Å²) in [7, 11) is 0. The highest BCUT2D eigenvalue weighted by Gasteiger charge is 2.27. The zero-order valence-corrected chi connectivity index (χ0v) is 9.12. The topological polar surface area (TPSA) is 12.0 Å². The molecule has 0 aromatic heterocycles. The lowest BCUT2D eigenvalue weighted by Crippen LogP contribution is -2.37. The molecule has 0 aromatic rings. The van der Waals surface area contributed by atoms with Gasteiger partial charge in [-0.15, -0.1) is 0 Å². The normalized spacial score (nSPS) is 16.7. The van der Waals surface area contributed by atoms with Gasteiger partial charge >= 0.3 is 6.18 Å². The summed E-state index contributed by atoms with van der Waals surface area (Å²) in [6.07, 6.45) is -1.50. The van der Waals surface area contributed by atoms with Crippen molar-refractivity contribution in [2.75, 3.05) is 6.54 Å². The van der Waals surface area contributed by atoms with Crippen LogP contribution in [0.15, 0.2) is 0 Å². The van der Waals surface area contributed by atoms with Gasteiger partial charge in [-0.05, 0) is 18.8 Å². The van der Waals surface area contributed by atoms with Crippen molar-refractivity contribution >= 4 is 0 Å². The van der Waals surface area contributed by atoms with E-state index in [0.29, 0.717) is 5.92 Å². The molecule has 0 saturated carbocycles. The van der Waals surface area contributed by atoms with Crippen LogP contribution in [-0.2, 0) is 0 Å². The molecular weight excluding hydrogens is 191 g/mol. The van der Waals surface area contributed by atoms with E-state index in [2.05, 4.69) is 19.2 Å². The maximum Gasteiger partial charge on any atom is 0.401 e. The third-order valence-electron chi connectivity index (χ3n) is 2.47. The van der Waals surface area contributed by atoms with Gasteiger partial charge in [0.1, 0.15) is 0 Å². The summed E-state index contributed by atoms with van der Waals surface area (Å²) in [5, 5.41) is 2.55. The minimum Gasteiger partial charge on any atom is -0.306 e. The molecule has 0 rings (SSSR count). The van der Waals surface area contributed by atoms with Gasteiger partial charge < -0.3 is 5.32 Å². The lowest BCUT2D eigenvalue weighted by atomic mass is 9.98. The molecule has 0 radical (unpaired) electrons. The first-order valence-corrected chi connectivity index (χ1v) is 5.19. The summed E-state index contributed by atoms with van der Waals surface area (Å²) in [4.78, 5) is 0. The minimum absolute atomic E-state index is 0.00780. The molecule has 0 bridgehead atoms. The van der Waals surface area contributed by atoms with Crippen LogP contribution in [0.1, 0.15) is 40.0 Å². The van der Waals surface area contributed by atoms with Gasteiger partial charge in [0, 0.05) is 6.04 Å². The molecule has 0 saturated heterocycles. The molecule has 0 aliphatic carbocycles. The van der Waals surface area contributed by atoms with E-state index in [1.165, 1.54) is 0 Å². The smallest absolute Gasteiger partial charge is 0.306 e. The number of hydrogen-bond donors (Lipinski definition) is 1. The van der Waals surface area contributed by atoms with E-state index in [9.17, 15) is 13.2 Å². The number of halogens is 3. The van der Waals surface area contributed by atoms with Gasteiger partial charge in [0.25, 0.3) is 0 Å². The molecule has 1 N–H and O–H groups in total. The lowest BCUT2D eigenvalue weighted by molar-refractivity contribution is -0.126. The summed E-state index contributed by atoms with van der Waals surface area (Å²) in [6.45, 7) is 5.16. The maximum atomic E-state index is 11.9. The van der Waals surface area contributed by atoms with Crippen LogP contribution in [0.4, 0.5) is 13.2 Å². The van der Waals surface area contributed by atoms with Crippen LogP contribution >= 0.6 is 0 Å². The largest absolute Gasteiger partial charge is 0.401 e. The Morgan fingerprint density at radius 3 is 2.07 bits per heavy atom. The van der Waals surface area contributed by atoms with E-state index in [0.717, 1.165) is 19.3 Å². The van der Waals surface area contributed by atoms with Gasteiger partial charge in [-0.1, -0.05) is 27.2 Å². The summed E-state index contributed by atoms with van der Waals surface area (Å²) in [5.41, 5.74) is 0. The standard InChI is InChI=1S/C10H20F3N/c1-4-8(3)6-9(5-2)14-7-10(11,12)13/h8-9,14H,4-7H2,1-3H3. The van der Waals surface area contributed by atoms with E-state index >= 15 is 0 Å². The third-order valence-corrected chi connectivity index (χ3v) is 2.47. The quantitative estimate of drug-likeness (QED) is 0.710. The van der Waals surface area contributed by atoms with Crippen molar-refractivity contribution in [2.45, 2.75) is 52.3 Å². The maximum absolute atomic E-state index is 11.9. The first-order valence-electron chi connectivity index (χ1n) is 5.19. The summed E-state index contributed by atoms with van der Waals surface area (Å²) < 4.78 is 35.7. The predicted octanol–water partition coefficient (Wildman–Crippen LogP) is 3.35. The Balaban J connectivity index is 3.80. The summed E-state index contributed by atoms with van der Waals surface area (Å²) in [6, 6.07) is -0.00780. The fraction of sp³-hybridized carbons (Fsp3) is 1.00. The van der Waals surface area contributed by atoms with Crippen molar-refractivity contribution in [2.24, 2.45) is 5.92 Å². The van der Waals surface area contributed by atoms with E-state index in [1.54, 1.807) is 0 Å². The third kappa shape index (κ3) is 7.18. The molecule has 0 aliphatic rings. The monoisotopic (exact) mass is 211 g/mol. The lowest BCUT2D eigenvalue weighted by Gasteiger charge is -2.21. The molecule has 0 aromatic carbocycles. The Labute approximate surface area is 84.1 Å². The van der Waals surface area contributed by atoms with E-state index in [1.807, 2.05) is 6.92 Å². The average molecular weight is 211 g/mol. The van der Waals surface area contributed by atoms with Crippen LogP contribution in [0.5, 0.6) is 0 Å². The highest BCUT2D eigenvalue weighted by molar-refractivity contribution is 4.69. The Hall–Kier alpha value is -0.250. The fourth-order valence-electron chi connectivity index (χ4n) is 1.31. The Bertz CT molecular complexity index is 145. The summed E-state index contributed by atoms with van der Waals surface area (Å²) in [5.74, 6) is 0.487. The second-order valence-electron chi connectivity index (χ2n) is 3.85. The molecule has 0 amide bonds. The van der Waals surface area contributed by atoms with Crippen LogP contribution in [0, 0.1) is 5.92 Å². The van der Waals surface area contributed by atoms with Gasteiger partial charge in [0.2, 0.25) is 0 Å². The second-order valence-corrected chi connectivity index (χ2v) is 3.85. The van der Waals surface area contributed by atoms with Crippen LogP contribution < -0.4 is 5.32 Å². The van der Waals surface area contributed by atoms with Crippen molar-refractivity contribution in [3.05, 3.63) is 0 Å². The van der Waals surface area contributed by atoms with Crippen molar-refractivity contribution in [3.8, 4) is 0 Å². The first-order chi connectivity index (χ1) is 6.39. The van der Waals surface area contributed by atoms with Crippen LogP contribution in [0.25, 0.3) is 0 Å². The van der Waals surface area contributed by atoms with E-state index < -0.39 is 12.7 Å². The molecular formula is C10H20F3N. The van der Waals surface area contributed by atoms with Crippen molar-refractivity contribution in [1.82, 2.24) is 5.32 Å². The van der Waals surface area contributed by atoms with Crippen molar-refractivity contribution < 1.29 is 13.2 Å². The molecule has 4 heteroatoms.